The van der Waals surface area contributed by atoms with Crippen molar-refractivity contribution in [2.75, 3.05) is 39.3 Å². The predicted octanol–water partition coefficient (Wildman–Crippen LogP) is 2.11. The third kappa shape index (κ3) is 4.72. The Morgan fingerprint density at radius 1 is 1.12 bits per heavy atom. The first kappa shape index (κ1) is 18.3. The van der Waals surface area contributed by atoms with Crippen LogP contribution in [0.2, 0.25) is 0 Å². The van der Waals surface area contributed by atoms with Gasteiger partial charge in [-0.1, -0.05) is 12.1 Å². The maximum atomic E-state index is 5.57. The highest BCUT2D eigenvalue weighted by Crippen LogP contribution is 2.21. The van der Waals surface area contributed by atoms with E-state index in [1.54, 1.807) is 7.11 Å². The van der Waals surface area contributed by atoms with Crippen molar-refractivity contribution in [3.05, 3.63) is 41.1 Å². The number of nitrogens with zero attached hydrogens (tertiary/aromatic N) is 3. The third-order valence-corrected chi connectivity index (χ3v) is 3.85. The van der Waals surface area contributed by atoms with Gasteiger partial charge in [0.1, 0.15) is 18.2 Å². The van der Waals surface area contributed by atoms with Crippen molar-refractivity contribution in [3.63, 3.8) is 0 Å². The van der Waals surface area contributed by atoms with Crippen LogP contribution in [0, 0.1) is 6.92 Å². The monoisotopic (exact) mass is 332 g/mol. The summed E-state index contributed by atoms with van der Waals surface area (Å²) in [5.74, 6) is 2.01. The van der Waals surface area contributed by atoms with Gasteiger partial charge in [0.2, 0.25) is 0 Å². The fourth-order valence-corrected chi connectivity index (χ4v) is 2.73. The van der Waals surface area contributed by atoms with Crippen molar-refractivity contribution in [1.82, 2.24) is 15.1 Å². The molecule has 1 aromatic carbocycles. The summed E-state index contributed by atoms with van der Waals surface area (Å²) in [5, 5.41) is 8.01. The van der Waals surface area contributed by atoms with Crippen molar-refractivity contribution in [1.29, 1.82) is 0 Å². The number of aromatic nitrogens is 2. The summed E-state index contributed by atoms with van der Waals surface area (Å²) < 4.78 is 12.5. The molecule has 0 bridgehead atoms. The molecule has 1 N–H and O–H groups in total. The highest BCUT2D eigenvalue weighted by molar-refractivity contribution is 5.48. The molecule has 132 valence electrons. The smallest absolute Gasteiger partial charge is 0.130 e. The highest BCUT2D eigenvalue weighted by Gasteiger charge is 2.14. The van der Waals surface area contributed by atoms with Crippen molar-refractivity contribution in [3.8, 4) is 5.75 Å². The SMILES string of the molecule is COCCOc1ccc(CNCc2c(C)nn(C)c2N(C)C)cc1. The highest BCUT2D eigenvalue weighted by atomic mass is 16.5. The molecule has 6 nitrogen and oxygen atoms in total. The van der Waals surface area contributed by atoms with Gasteiger partial charge in [0, 0.05) is 46.9 Å². The van der Waals surface area contributed by atoms with Gasteiger partial charge in [-0.2, -0.15) is 5.10 Å². The molecule has 1 aromatic heterocycles. The number of anilines is 1. The first-order valence-electron chi connectivity index (χ1n) is 8.14. The lowest BCUT2D eigenvalue weighted by Crippen LogP contribution is -2.18. The lowest BCUT2D eigenvalue weighted by Gasteiger charge is -2.15. The number of nitrogens with one attached hydrogen (secondary N) is 1. The van der Waals surface area contributed by atoms with Crippen LogP contribution in [0.1, 0.15) is 16.8 Å². The molecule has 0 aliphatic carbocycles. The maximum Gasteiger partial charge on any atom is 0.130 e. The van der Waals surface area contributed by atoms with Crippen LogP contribution in [0.15, 0.2) is 24.3 Å². The lowest BCUT2D eigenvalue weighted by atomic mass is 10.2. The number of hydrogen-bond acceptors (Lipinski definition) is 5. The standard InChI is InChI=1S/C18H28N4O2/c1-14-17(18(21(2)3)22(4)20-14)13-19-12-15-6-8-16(9-7-15)24-11-10-23-5/h6-9,19H,10-13H2,1-5H3. The van der Waals surface area contributed by atoms with Gasteiger partial charge in [-0.05, 0) is 24.6 Å². The van der Waals surface area contributed by atoms with Crippen LogP contribution in [-0.4, -0.2) is 44.2 Å². The van der Waals surface area contributed by atoms with Gasteiger partial charge in [-0.3, -0.25) is 4.68 Å². The fraction of sp³-hybridized carbons (Fsp3) is 0.500. The van der Waals surface area contributed by atoms with Crippen LogP contribution in [-0.2, 0) is 24.9 Å². The first-order valence-corrected chi connectivity index (χ1v) is 8.14. The predicted molar refractivity (Wildman–Crippen MR) is 96.6 cm³/mol. The molecule has 0 spiro atoms. The molecule has 0 amide bonds. The Labute approximate surface area is 144 Å². The fourth-order valence-electron chi connectivity index (χ4n) is 2.73. The van der Waals surface area contributed by atoms with Crippen molar-refractivity contribution in [2.45, 2.75) is 20.0 Å². The Kier molecular flexibility index (Phi) is 6.63. The molecule has 0 radical (unpaired) electrons. The Bertz CT molecular complexity index is 635. The topological polar surface area (TPSA) is 51.6 Å². The normalized spacial score (nSPS) is 10.9. The summed E-state index contributed by atoms with van der Waals surface area (Å²) in [6.45, 7) is 4.82. The quantitative estimate of drug-likeness (QED) is 0.713. The number of ether oxygens (including phenoxy) is 2. The maximum absolute atomic E-state index is 5.57. The van der Waals surface area contributed by atoms with Crippen LogP contribution in [0.25, 0.3) is 0 Å². The number of aryl methyl sites for hydroxylation is 2. The van der Waals surface area contributed by atoms with E-state index < -0.39 is 0 Å². The van der Waals surface area contributed by atoms with Crippen LogP contribution < -0.4 is 15.0 Å². The molecule has 0 saturated heterocycles. The Hall–Kier alpha value is -2.05. The summed E-state index contributed by atoms with van der Waals surface area (Å²) in [5.41, 5.74) is 3.53. The third-order valence-electron chi connectivity index (χ3n) is 3.85. The van der Waals surface area contributed by atoms with E-state index in [2.05, 4.69) is 34.4 Å². The van der Waals surface area contributed by atoms with E-state index in [0.29, 0.717) is 13.2 Å². The minimum Gasteiger partial charge on any atom is -0.491 e. The van der Waals surface area contributed by atoms with Gasteiger partial charge >= 0.3 is 0 Å². The zero-order valence-corrected chi connectivity index (χ0v) is 15.3. The van der Waals surface area contributed by atoms with Crippen molar-refractivity contribution in [2.24, 2.45) is 7.05 Å². The van der Waals surface area contributed by atoms with Gasteiger partial charge in [0.25, 0.3) is 0 Å². The second kappa shape index (κ2) is 8.70. The van der Waals surface area contributed by atoms with E-state index in [4.69, 9.17) is 9.47 Å². The Balaban J connectivity index is 1.88. The van der Waals surface area contributed by atoms with E-state index >= 15 is 0 Å². The van der Waals surface area contributed by atoms with Gasteiger partial charge in [-0.15, -0.1) is 0 Å². The van der Waals surface area contributed by atoms with Crippen LogP contribution in [0.5, 0.6) is 5.75 Å². The molecule has 0 atom stereocenters. The zero-order valence-electron chi connectivity index (χ0n) is 15.3. The number of rotatable bonds is 9. The molecule has 1 heterocycles. The van der Waals surface area contributed by atoms with E-state index in [0.717, 1.165) is 30.4 Å². The second-order valence-corrected chi connectivity index (χ2v) is 5.99. The van der Waals surface area contributed by atoms with Gasteiger partial charge < -0.3 is 19.7 Å². The lowest BCUT2D eigenvalue weighted by molar-refractivity contribution is 0.146. The van der Waals surface area contributed by atoms with Crippen molar-refractivity contribution < 1.29 is 9.47 Å². The van der Waals surface area contributed by atoms with Gasteiger partial charge in [0.15, 0.2) is 0 Å². The van der Waals surface area contributed by atoms with E-state index in [-0.39, 0.29) is 0 Å². The molecule has 2 rings (SSSR count). The average molecular weight is 332 g/mol. The molecule has 0 aliphatic heterocycles. The van der Waals surface area contributed by atoms with Gasteiger partial charge in [0.05, 0.1) is 12.3 Å². The van der Waals surface area contributed by atoms with Crippen LogP contribution >= 0.6 is 0 Å². The largest absolute Gasteiger partial charge is 0.491 e. The summed E-state index contributed by atoms with van der Waals surface area (Å²) in [6, 6.07) is 8.15. The molecule has 2 aromatic rings. The molecule has 6 heteroatoms. The summed E-state index contributed by atoms with van der Waals surface area (Å²) in [7, 11) is 7.74. The van der Waals surface area contributed by atoms with Gasteiger partial charge in [-0.25, -0.2) is 0 Å². The molecule has 24 heavy (non-hydrogen) atoms. The minimum atomic E-state index is 0.571. The minimum absolute atomic E-state index is 0.571. The van der Waals surface area contributed by atoms with E-state index in [9.17, 15) is 0 Å². The number of benzene rings is 1. The number of methoxy groups -OCH3 is 1. The molecule has 0 unspecified atom stereocenters. The Morgan fingerprint density at radius 2 is 1.83 bits per heavy atom. The van der Waals surface area contributed by atoms with Crippen molar-refractivity contribution >= 4 is 5.82 Å². The number of hydrogen-bond donors (Lipinski definition) is 1. The molecule has 0 fully saturated rings. The van der Waals surface area contributed by atoms with E-state index in [1.165, 1.54) is 11.1 Å². The molecule has 0 saturated carbocycles. The van der Waals surface area contributed by atoms with Crippen LogP contribution in [0.4, 0.5) is 5.82 Å². The molecular formula is C18H28N4O2. The second-order valence-electron chi connectivity index (χ2n) is 5.99. The molecular weight excluding hydrogens is 304 g/mol. The summed E-state index contributed by atoms with van der Waals surface area (Å²) in [6.07, 6.45) is 0. The summed E-state index contributed by atoms with van der Waals surface area (Å²) >= 11 is 0. The summed E-state index contributed by atoms with van der Waals surface area (Å²) in [4.78, 5) is 2.10. The van der Waals surface area contributed by atoms with E-state index in [1.807, 2.05) is 38.0 Å². The zero-order chi connectivity index (χ0) is 17.5. The Morgan fingerprint density at radius 3 is 2.46 bits per heavy atom. The average Bonchev–Trinajstić information content (AvgIpc) is 2.83. The molecule has 0 aliphatic rings. The van der Waals surface area contributed by atoms with Crippen LogP contribution in [0.3, 0.4) is 0 Å². The first-order chi connectivity index (χ1) is 11.5.